The maximum absolute atomic E-state index is 11.1. The summed E-state index contributed by atoms with van der Waals surface area (Å²) in [5, 5.41) is 7.76. The first kappa shape index (κ1) is 12.3. The number of amides is 2. The molecule has 0 atom stereocenters. The Kier molecular flexibility index (Phi) is 4.29. The molecule has 0 unspecified atom stereocenters. The molecule has 2 heterocycles. The summed E-state index contributed by atoms with van der Waals surface area (Å²) in [6.07, 6.45) is 0. The number of urea groups is 1. The van der Waals surface area contributed by atoms with Crippen LogP contribution in [-0.4, -0.2) is 49.3 Å². The lowest BCUT2D eigenvalue weighted by Crippen LogP contribution is -2.35. The monoisotopic (exact) mass is 256 g/mol. The van der Waals surface area contributed by atoms with Crippen LogP contribution in [0.5, 0.6) is 0 Å². The van der Waals surface area contributed by atoms with E-state index in [9.17, 15) is 4.79 Å². The normalized spacial score (nSPS) is 16.8. The second kappa shape index (κ2) is 5.95. The number of nitrogens with zero attached hydrogens (tertiary/aromatic N) is 2. The van der Waals surface area contributed by atoms with Crippen LogP contribution in [0.4, 0.5) is 9.93 Å². The van der Waals surface area contributed by atoms with Gasteiger partial charge in [0.15, 0.2) is 5.13 Å². The van der Waals surface area contributed by atoms with Gasteiger partial charge < -0.3 is 10.1 Å². The molecule has 1 aliphatic heterocycles. The molecule has 0 saturated carbocycles. The molecule has 1 aromatic heterocycles. The van der Waals surface area contributed by atoms with Gasteiger partial charge in [0.25, 0.3) is 0 Å². The summed E-state index contributed by atoms with van der Waals surface area (Å²) in [6, 6.07) is -0.239. The number of carbonyl (C=O) groups is 1. The van der Waals surface area contributed by atoms with Gasteiger partial charge in [0, 0.05) is 32.1 Å². The van der Waals surface area contributed by atoms with Gasteiger partial charge in [-0.1, -0.05) is 0 Å². The number of anilines is 1. The molecule has 6 nitrogen and oxygen atoms in total. The minimum atomic E-state index is -0.239. The summed E-state index contributed by atoms with van der Waals surface area (Å²) in [4.78, 5) is 17.7. The maximum Gasteiger partial charge on any atom is 0.320 e. The quantitative estimate of drug-likeness (QED) is 0.836. The second-order valence-electron chi connectivity index (χ2n) is 3.74. The van der Waals surface area contributed by atoms with Gasteiger partial charge in [-0.3, -0.25) is 10.2 Å². The van der Waals surface area contributed by atoms with Crippen molar-refractivity contribution in [3.8, 4) is 0 Å². The fourth-order valence-electron chi connectivity index (χ4n) is 1.59. The molecule has 0 aromatic carbocycles. The van der Waals surface area contributed by atoms with E-state index in [0.29, 0.717) is 5.13 Å². The Morgan fingerprint density at radius 2 is 2.35 bits per heavy atom. The fraction of sp³-hybridized carbons (Fsp3) is 0.600. The number of hydrogen-bond donors (Lipinski definition) is 2. The molecular formula is C10H16N4O2S. The molecule has 1 saturated heterocycles. The average Bonchev–Trinajstić information content (AvgIpc) is 2.77. The van der Waals surface area contributed by atoms with Crippen LogP contribution in [0.1, 0.15) is 5.69 Å². The van der Waals surface area contributed by atoms with Crippen molar-refractivity contribution in [1.82, 2.24) is 15.2 Å². The van der Waals surface area contributed by atoms with E-state index in [-0.39, 0.29) is 6.03 Å². The molecule has 94 valence electrons. The third-order valence-electron chi connectivity index (χ3n) is 2.49. The highest BCUT2D eigenvalue weighted by atomic mass is 32.1. The van der Waals surface area contributed by atoms with Gasteiger partial charge in [0.05, 0.1) is 18.9 Å². The third-order valence-corrected chi connectivity index (χ3v) is 3.30. The lowest BCUT2D eigenvalue weighted by Gasteiger charge is -2.25. The van der Waals surface area contributed by atoms with Gasteiger partial charge in [-0.2, -0.15) is 0 Å². The van der Waals surface area contributed by atoms with Crippen LogP contribution in [0.25, 0.3) is 0 Å². The summed E-state index contributed by atoms with van der Waals surface area (Å²) >= 11 is 1.44. The van der Waals surface area contributed by atoms with Crippen molar-refractivity contribution in [2.45, 2.75) is 6.54 Å². The predicted octanol–water partition coefficient (Wildman–Crippen LogP) is 0.727. The van der Waals surface area contributed by atoms with Crippen molar-refractivity contribution in [2.24, 2.45) is 0 Å². The van der Waals surface area contributed by atoms with Crippen molar-refractivity contribution < 1.29 is 9.53 Å². The first-order valence-corrected chi connectivity index (χ1v) is 6.39. The highest BCUT2D eigenvalue weighted by Crippen LogP contribution is 2.16. The van der Waals surface area contributed by atoms with Crippen molar-refractivity contribution in [1.29, 1.82) is 0 Å². The van der Waals surface area contributed by atoms with Crippen LogP contribution in [0, 0.1) is 0 Å². The summed E-state index contributed by atoms with van der Waals surface area (Å²) in [7, 11) is 1.58. The lowest BCUT2D eigenvalue weighted by atomic mass is 10.4. The Labute approximate surface area is 104 Å². The van der Waals surface area contributed by atoms with Gasteiger partial charge in [0.1, 0.15) is 0 Å². The number of carbonyl (C=O) groups excluding carboxylic acids is 1. The van der Waals surface area contributed by atoms with Crippen LogP contribution >= 0.6 is 11.3 Å². The molecule has 17 heavy (non-hydrogen) atoms. The molecule has 2 rings (SSSR count). The number of hydrogen-bond acceptors (Lipinski definition) is 5. The number of ether oxygens (including phenoxy) is 1. The number of aromatic nitrogens is 1. The lowest BCUT2D eigenvalue weighted by molar-refractivity contribution is 0.0337. The highest BCUT2D eigenvalue weighted by Gasteiger charge is 2.12. The van der Waals surface area contributed by atoms with Crippen LogP contribution < -0.4 is 10.6 Å². The van der Waals surface area contributed by atoms with E-state index in [4.69, 9.17) is 4.74 Å². The molecule has 1 aromatic rings. The van der Waals surface area contributed by atoms with Crippen molar-refractivity contribution in [3.05, 3.63) is 11.1 Å². The zero-order chi connectivity index (χ0) is 12.1. The molecule has 0 bridgehead atoms. The Balaban J connectivity index is 1.86. The van der Waals surface area contributed by atoms with Crippen LogP contribution in [0.2, 0.25) is 0 Å². The Hall–Kier alpha value is -1.18. The zero-order valence-corrected chi connectivity index (χ0v) is 10.5. The summed E-state index contributed by atoms with van der Waals surface area (Å²) in [6.45, 7) is 4.27. The van der Waals surface area contributed by atoms with Crippen LogP contribution in [0.3, 0.4) is 0 Å². The molecule has 7 heteroatoms. The van der Waals surface area contributed by atoms with E-state index >= 15 is 0 Å². The molecule has 2 amide bonds. The molecular weight excluding hydrogens is 240 g/mol. The third kappa shape index (κ3) is 3.65. The first-order valence-electron chi connectivity index (χ1n) is 5.51. The standard InChI is InChI=1S/C10H16N4O2S/c1-11-9(15)13-10-12-8(7-17-10)6-14-2-4-16-5-3-14/h7H,2-6H2,1H3,(H2,11,12,13,15). The molecule has 2 N–H and O–H groups in total. The molecule has 1 aliphatic rings. The summed E-state index contributed by atoms with van der Waals surface area (Å²) in [5.41, 5.74) is 0.989. The highest BCUT2D eigenvalue weighted by molar-refractivity contribution is 7.13. The number of nitrogens with one attached hydrogen (secondary N) is 2. The molecule has 1 fully saturated rings. The predicted molar refractivity (Wildman–Crippen MR) is 66.3 cm³/mol. The molecule has 0 aliphatic carbocycles. The van der Waals surface area contributed by atoms with E-state index in [2.05, 4.69) is 20.5 Å². The number of thiazole rings is 1. The Bertz CT molecular complexity index is 376. The number of rotatable bonds is 3. The minimum Gasteiger partial charge on any atom is -0.379 e. The van der Waals surface area contributed by atoms with Crippen molar-refractivity contribution in [3.63, 3.8) is 0 Å². The molecule has 0 radical (unpaired) electrons. The second-order valence-corrected chi connectivity index (χ2v) is 4.59. The van der Waals surface area contributed by atoms with E-state index in [0.717, 1.165) is 38.5 Å². The van der Waals surface area contributed by atoms with Crippen LogP contribution in [-0.2, 0) is 11.3 Å². The summed E-state index contributed by atoms with van der Waals surface area (Å²) < 4.78 is 5.29. The van der Waals surface area contributed by atoms with Gasteiger partial charge in [-0.05, 0) is 0 Å². The van der Waals surface area contributed by atoms with E-state index < -0.39 is 0 Å². The van der Waals surface area contributed by atoms with Crippen LogP contribution in [0.15, 0.2) is 5.38 Å². The van der Waals surface area contributed by atoms with Gasteiger partial charge in [-0.25, -0.2) is 9.78 Å². The Morgan fingerprint density at radius 1 is 1.59 bits per heavy atom. The van der Waals surface area contributed by atoms with Gasteiger partial charge in [0.2, 0.25) is 0 Å². The van der Waals surface area contributed by atoms with Gasteiger partial charge >= 0.3 is 6.03 Å². The Morgan fingerprint density at radius 3 is 3.06 bits per heavy atom. The largest absolute Gasteiger partial charge is 0.379 e. The minimum absolute atomic E-state index is 0.239. The summed E-state index contributed by atoms with van der Waals surface area (Å²) in [5.74, 6) is 0. The van der Waals surface area contributed by atoms with E-state index in [1.807, 2.05) is 5.38 Å². The van der Waals surface area contributed by atoms with Crippen molar-refractivity contribution >= 4 is 22.5 Å². The topological polar surface area (TPSA) is 66.5 Å². The zero-order valence-electron chi connectivity index (χ0n) is 9.73. The average molecular weight is 256 g/mol. The van der Waals surface area contributed by atoms with Crippen molar-refractivity contribution in [2.75, 3.05) is 38.7 Å². The SMILES string of the molecule is CNC(=O)Nc1nc(CN2CCOCC2)cs1. The van der Waals surface area contributed by atoms with E-state index in [1.54, 1.807) is 7.05 Å². The maximum atomic E-state index is 11.1. The van der Waals surface area contributed by atoms with E-state index in [1.165, 1.54) is 11.3 Å². The first-order chi connectivity index (χ1) is 8.28. The number of morpholine rings is 1. The van der Waals surface area contributed by atoms with Gasteiger partial charge in [-0.15, -0.1) is 11.3 Å². The fourth-order valence-corrected chi connectivity index (χ4v) is 2.28. The smallest absolute Gasteiger partial charge is 0.320 e. The molecule has 0 spiro atoms.